The van der Waals surface area contributed by atoms with Crippen LogP contribution in [0.1, 0.15) is 37.1 Å². The molecule has 0 unspecified atom stereocenters. The fourth-order valence-corrected chi connectivity index (χ4v) is 3.51. The van der Waals surface area contributed by atoms with Crippen molar-refractivity contribution in [2.24, 2.45) is 0 Å². The van der Waals surface area contributed by atoms with Crippen molar-refractivity contribution in [3.05, 3.63) is 47.0 Å². The zero-order valence-electron chi connectivity index (χ0n) is 13.1. The van der Waals surface area contributed by atoms with Crippen LogP contribution in [0.3, 0.4) is 0 Å². The minimum atomic E-state index is -0.117. The Bertz CT molecular complexity index is 655. The maximum absolute atomic E-state index is 11.8. The summed E-state index contributed by atoms with van der Waals surface area (Å²) in [6.45, 7) is 2.19. The lowest BCUT2D eigenvalue weighted by molar-refractivity contribution is -0.116. The van der Waals surface area contributed by atoms with E-state index in [1.54, 1.807) is 11.8 Å². The zero-order chi connectivity index (χ0) is 16.2. The second-order valence-electron chi connectivity index (χ2n) is 5.77. The zero-order valence-corrected chi connectivity index (χ0v) is 13.9. The lowest BCUT2D eigenvalue weighted by Crippen LogP contribution is -2.30. The summed E-state index contributed by atoms with van der Waals surface area (Å²) in [5, 5.41) is 15.6. The summed E-state index contributed by atoms with van der Waals surface area (Å²) in [6.07, 6.45) is 2.13. The van der Waals surface area contributed by atoms with Crippen LogP contribution < -0.4 is 10.2 Å². The summed E-state index contributed by atoms with van der Waals surface area (Å²) in [5.74, 6) is 0.0545. The minimum absolute atomic E-state index is 0.0304. The Labute approximate surface area is 140 Å². The van der Waals surface area contributed by atoms with Crippen molar-refractivity contribution in [1.82, 2.24) is 10.3 Å². The SMILES string of the molecule is CC(=O)N(c1nc(CN[C@H](CO)c2ccccc2)cs1)C1CC1. The van der Waals surface area contributed by atoms with E-state index in [1.165, 1.54) is 11.3 Å². The van der Waals surface area contributed by atoms with Crippen LogP contribution in [0.15, 0.2) is 35.7 Å². The third kappa shape index (κ3) is 3.96. The van der Waals surface area contributed by atoms with E-state index in [2.05, 4.69) is 10.3 Å². The molecule has 1 amide bonds. The number of aliphatic hydroxyl groups excluding tert-OH is 1. The summed E-state index contributed by atoms with van der Waals surface area (Å²) >= 11 is 1.50. The molecule has 2 aromatic rings. The summed E-state index contributed by atoms with van der Waals surface area (Å²) in [7, 11) is 0. The second kappa shape index (κ2) is 7.21. The molecule has 0 radical (unpaired) electrons. The van der Waals surface area contributed by atoms with Crippen molar-refractivity contribution in [3.8, 4) is 0 Å². The number of aromatic nitrogens is 1. The third-order valence-corrected chi connectivity index (χ3v) is 4.80. The molecule has 1 fully saturated rings. The number of carbonyl (C=O) groups excluding carboxylic acids is 1. The molecular weight excluding hydrogens is 310 g/mol. The summed E-state index contributed by atoms with van der Waals surface area (Å²) in [4.78, 5) is 18.1. The number of hydrogen-bond acceptors (Lipinski definition) is 5. The van der Waals surface area contributed by atoms with E-state index in [-0.39, 0.29) is 18.6 Å². The first-order valence-corrected chi connectivity index (χ1v) is 8.70. The molecule has 0 saturated heterocycles. The predicted octanol–water partition coefficient (Wildman–Crippen LogP) is 2.48. The van der Waals surface area contributed by atoms with Gasteiger partial charge in [0.05, 0.1) is 18.3 Å². The maximum Gasteiger partial charge on any atom is 0.225 e. The van der Waals surface area contributed by atoms with Gasteiger partial charge in [0.1, 0.15) is 0 Å². The van der Waals surface area contributed by atoms with Gasteiger partial charge in [-0.3, -0.25) is 9.69 Å². The Hall–Kier alpha value is -1.76. The molecule has 1 atom stereocenters. The molecule has 2 N–H and O–H groups in total. The summed E-state index contributed by atoms with van der Waals surface area (Å²) in [6, 6.07) is 10.1. The molecular formula is C17H21N3O2S. The fourth-order valence-electron chi connectivity index (χ4n) is 2.57. The van der Waals surface area contributed by atoms with Crippen molar-refractivity contribution >= 4 is 22.4 Å². The predicted molar refractivity (Wildman–Crippen MR) is 91.4 cm³/mol. The largest absolute Gasteiger partial charge is 0.394 e. The standard InChI is InChI=1S/C17H21N3O2S/c1-12(22)20(15-7-8-15)17-19-14(11-23-17)9-18-16(10-21)13-5-3-2-4-6-13/h2-6,11,15-16,18,21H,7-10H2,1H3/t16-/m1/s1. The van der Waals surface area contributed by atoms with Crippen LogP contribution >= 0.6 is 11.3 Å². The van der Waals surface area contributed by atoms with E-state index in [0.29, 0.717) is 12.6 Å². The number of aliphatic hydroxyl groups is 1. The highest BCUT2D eigenvalue weighted by Crippen LogP contribution is 2.33. The molecule has 5 nitrogen and oxygen atoms in total. The van der Waals surface area contributed by atoms with Gasteiger partial charge in [-0.25, -0.2) is 4.98 Å². The number of thiazole rings is 1. The van der Waals surface area contributed by atoms with Crippen molar-refractivity contribution in [2.45, 2.75) is 38.4 Å². The highest BCUT2D eigenvalue weighted by atomic mass is 32.1. The maximum atomic E-state index is 11.8. The lowest BCUT2D eigenvalue weighted by Gasteiger charge is -2.17. The number of hydrogen-bond donors (Lipinski definition) is 2. The molecule has 6 heteroatoms. The van der Waals surface area contributed by atoms with Gasteiger partial charge in [0.15, 0.2) is 5.13 Å². The fraction of sp³-hybridized carbons (Fsp3) is 0.412. The van der Waals surface area contributed by atoms with E-state index >= 15 is 0 Å². The minimum Gasteiger partial charge on any atom is -0.394 e. The number of carbonyl (C=O) groups is 1. The normalized spacial score (nSPS) is 15.4. The van der Waals surface area contributed by atoms with Crippen LogP contribution in [-0.2, 0) is 11.3 Å². The Morgan fingerprint density at radius 2 is 2.17 bits per heavy atom. The first-order chi connectivity index (χ1) is 11.2. The topological polar surface area (TPSA) is 65.5 Å². The lowest BCUT2D eigenvalue weighted by atomic mass is 10.1. The number of nitrogens with one attached hydrogen (secondary N) is 1. The van der Waals surface area contributed by atoms with Gasteiger partial charge >= 0.3 is 0 Å². The monoisotopic (exact) mass is 331 g/mol. The molecule has 122 valence electrons. The van der Waals surface area contributed by atoms with Crippen LogP contribution in [0.2, 0.25) is 0 Å². The number of nitrogens with zero attached hydrogens (tertiary/aromatic N) is 2. The van der Waals surface area contributed by atoms with Gasteiger partial charge in [0.25, 0.3) is 0 Å². The molecule has 1 aliphatic rings. The van der Waals surface area contributed by atoms with E-state index in [0.717, 1.165) is 29.2 Å². The molecule has 23 heavy (non-hydrogen) atoms. The Kier molecular flexibility index (Phi) is 5.05. The van der Waals surface area contributed by atoms with E-state index in [9.17, 15) is 9.90 Å². The Balaban J connectivity index is 1.63. The van der Waals surface area contributed by atoms with Gasteiger partial charge in [-0.05, 0) is 18.4 Å². The second-order valence-corrected chi connectivity index (χ2v) is 6.60. The average molecular weight is 331 g/mol. The smallest absolute Gasteiger partial charge is 0.225 e. The number of rotatable bonds is 7. The summed E-state index contributed by atoms with van der Waals surface area (Å²) < 4.78 is 0. The molecule has 1 heterocycles. The van der Waals surface area contributed by atoms with E-state index < -0.39 is 0 Å². The van der Waals surface area contributed by atoms with Gasteiger partial charge in [0, 0.05) is 24.9 Å². The highest BCUT2D eigenvalue weighted by Gasteiger charge is 2.33. The van der Waals surface area contributed by atoms with Gasteiger partial charge in [-0.15, -0.1) is 11.3 Å². The molecule has 1 aromatic carbocycles. The number of amides is 1. The van der Waals surface area contributed by atoms with E-state index in [4.69, 9.17) is 0 Å². The van der Waals surface area contributed by atoms with E-state index in [1.807, 2.05) is 35.7 Å². The molecule has 0 aliphatic heterocycles. The molecule has 0 bridgehead atoms. The quantitative estimate of drug-likeness (QED) is 0.818. The van der Waals surface area contributed by atoms with Crippen molar-refractivity contribution in [2.75, 3.05) is 11.5 Å². The molecule has 1 saturated carbocycles. The van der Waals surface area contributed by atoms with Crippen LogP contribution in [0.4, 0.5) is 5.13 Å². The van der Waals surface area contributed by atoms with Crippen molar-refractivity contribution in [3.63, 3.8) is 0 Å². The number of benzene rings is 1. The summed E-state index contributed by atoms with van der Waals surface area (Å²) in [5.41, 5.74) is 1.94. The highest BCUT2D eigenvalue weighted by molar-refractivity contribution is 7.14. The first-order valence-electron chi connectivity index (χ1n) is 7.82. The Morgan fingerprint density at radius 3 is 2.78 bits per heavy atom. The molecule has 1 aromatic heterocycles. The van der Waals surface area contributed by atoms with Crippen LogP contribution in [0, 0.1) is 0 Å². The average Bonchev–Trinajstić information content (AvgIpc) is 3.27. The van der Waals surface area contributed by atoms with Gasteiger partial charge < -0.3 is 10.4 Å². The molecule has 3 rings (SSSR count). The number of anilines is 1. The van der Waals surface area contributed by atoms with Gasteiger partial charge in [0.2, 0.25) is 5.91 Å². The molecule has 1 aliphatic carbocycles. The van der Waals surface area contributed by atoms with Gasteiger partial charge in [-0.2, -0.15) is 0 Å². The van der Waals surface area contributed by atoms with Crippen LogP contribution in [0.5, 0.6) is 0 Å². The van der Waals surface area contributed by atoms with Crippen LogP contribution in [0.25, 0.3) is 0 Å². The first kappa shape index (κ1) is 16.1. The van der Waals surface area contributed by atoms with Gasteiger partial charge in [-0.1, -0.05) is 30.3 Å². The van der Waals surface area contributed by atoms with Crippen molar-refractivity contribution in [1.29, 1.82) is 0 Å². The molecule has 0 spiro atoms. The van der Waals surface area contributed by atoms with Crippen LogP contribution in [-0.4, -0.2) is 28.6 Å². The Morgan fingerprint density at radius 1 is 1.43 bits per heavy atom. The van der Waals surface area contributed by atoms with Crippen molar-refractivity contribution < 1.29 is 9.90 Å². The third-order valence-electron chi connectivity index (χ3n) is 3.91.